The minimum atomic E-state index is 0.461. The Labute approximate surface area is 121 Å². The van der Waals surface area contributed by atoms with Gasteiger partial charge in [0.1, 0.15) is 17.6 Å². The molecule has 0 aliphatic carbocycles. The highest BCUT2D eigenvalue weighted by atomic mass is 79.9. The number of nitrogen functional groups attached to an aromatic ring is 1. The first-order chi connectivity index (χ1) is 8.58. The number of rotatable bonds is 2. The molecule has 0 bridgehead atoms. The van der Waals surface area contributed by atoms with Crippen molar-refractivity contribution in [3.63, 3.8) is 0 Å². The number of nitriles is 1. The fraction of sp³-hybridized carbons (Fsp3) is 0. The van der Waals surface area contributed by atoms with Crippen LogP contribution >= 0.6 is 31.9 Å². The van der Waals surface area contributed by atoms with Crippen molar-refractivity contribution in [2.24, 2.45) is 0 Å². The van der Waals surface area contributed by atoms with Gasteiger partial charge in [-0.15, -0.1) is 0 Å². The Balaban J connectivity index is 2.37. The summed E-state index contributed by atoms with van der Waals surface area (Å²) in [7, 11) is 0. The number of nitrogens with zero attached hydrogens (tertiary/aromatic N) is 1. The molecule has 0 aliphatic heterocycles. The molecular formula is C13H8Br2N2O. The molecule has 0 fully saturated rings. The molecule has 0 radical (unpaired) electrons. The molecular weight excluding hydrogens is 360 g/mol. The van der Waals surface area contributed by atoms with Gasteiger partial charge in [0.25, 0.3) is 0 Å². The van der Waals surface area contributed by atoms with Crippen LogP contribution in [0.4, 0.5) is 5.69 Å². The lowest BCUT2D eigenvalue weighted by Crippen LogP contribution is -1.91. The molecule has 2 N–H and O–H groups in total. The van der Waals surface area contributed by atoms with Gasteiger partial charge in [-0.25, -0.2) is 0 Å². The average molecular weight is 368 g/mol. The third kappa shape index (κ3) is 3.03. The molecule has 0 heterocycles. The predicted octanol–water partition coefficient (Wildman–Crippen LogP) is 4.46. The highest BCUT2D eigenvalue weighted by molar-refractivity contribution is 9.10. The van der Waals surface area contributed by atoms with Crippen LogP contribution in [-0.2, 0) is 0 Å². The first-order valence-corrected chi connectivity index (χ1v) is 6.60. The number of benzene rings is 2. The molecule has 90 valence electrons. The fourth-order valence-corrected chi connectivity index (χ4v) is 2.30. The summed E-state index contributed by atoms with van der Waals surface area (Å²) in [5.41, 5.74) is 6.78. The SMILES string of the molecule is N#Cc1cc(Br)ccc1Oc1cc(N)cc(Br)c1. The zero-order chi connectivity index (χ0) is 13.1. The van der Waals surface area contributed by atoms with Crippen molar-refractivity contribution in [1.82, 2.24) is 0 Å². The molecule has 0 spiro atoms. The van der Waals surface area contributed by atoms with E-state index in [1.807, 2.05) is 6.07 Å². The summed E-state index contributed by atoms with van der Waals surface area (Å²) < 4.78 is 7.32. The number of anilines is 1. The molecule has 0 aromatic heterocycles. The van der Waals surface area contributed by atoms with E-state index in [0.29, 0.717) is 22.7 Å². The quantitative estimate of drug-likeness (QED) is 0.797. The molecule has 2 aromatic rings. The third-order valence-electron chi connectivity index (χ3n) is 2.18. The molecule has 2 rings (SSSR count). The molecule has 2 aromatic carbocycles. The first kappa shape index (κ1) is 12.9. The van der Waals surface area contributed by atoms with Gasteiger partial charge < -0.3 is 10.5 Å². The van der Waals surface area contributed by atoms with Crippen LogP contribution in [0.5, 0.6) is 11.5 Å². The van der Waals surface area contributed by atoms with E-state index in [2.05, 4.69) is 37.9 Å². The molecule has 0 amide bonds. The lowest BCUT2D eigenvalue weighted by atomic mass is 10.2. The maximum atomic E-state index is 9.05. The standard InChI is InChI=1S/C13H8Br2N2O/c14-9-1-2-13(8(3-9)7-16)18-12-5-10(15)4-11(17)6-12/h1-6H,17H2. The normalized spacial score (nSPS) is 9.83. The Hall–Kier alpha value is -1.51. The molecule has 5 heteroatoms. The Morgan fingerprint density at radius 3 is 2.50 bits per heavy atom. The smallest absolute Gasteiger partial charge is 0.145 e. The van der Waals surface area contributed by atoms with Gasteiger partial charge in [-0.2, -0.15) is 5.26 Å². The van der Waals surface area contributed by atoms with E-state index >= 15 is 0 Å². The molecule has 0 unspecified atom stereocenters. The van der Waals surface area contributed by atoms with E-state index in [9.17, 15) is 0 Å². The second-order valence-corrected chi connectivity index (χ2v) is 5.41. The van der Waals surface area contributed by atoms with Crippen molar-refractivity contribution in [2.75, 3.05) is 5.73 Å². The summed E-state index contributed by atoms with van der Waals surface area (Å²) >= 11 is 6.65. The summed E-state index contributed by atoms with van der Waals surface area (Å²) in [6.07, 6.45) is 0. The highest BCUT2D eigenvalue weighted by Gasteiger charge is 2.06. The zero-order valence-electron chi connectivity index (χ0n) is 9.15. The minimum absolute atomic E-state index is 0.461. The van der Waals surface area contributed by atoms with E-state index in [4.69, 9.17) is 15.7 Å². The van der Waals surface area contributed by atoms with Gasteiger partial charge in [0.05, 0.1) is 5.56 Å². The third-order valence-corrected chi connectivity index (χ3v) is 3.13. The van der Waals surface area contributed by atoms with Crippen molar-refractivity contribution in [3.8, 4) is 17.6 Å². The molecule has 0 saturated heterocycles. The van der Waals surface area contributed by atoms with Gasteiger partial charge in [0.2, 0.25) is 0 Å². The van der Waals surface area contributed by atoms with Crippen molar-refractivity contribution in [3.05, 3.63) is 50.9 Å². The second-order valence-electron chi connectivity index (χ2n) is 3.57. The van der Waals surface area contributed by atoms with Crippen LogP contribution in [0.1, 0.15) is 5.56 Å². The van der Waals surface area contributed by atoms with Crippen LogP contribution in [0.15, 0.2) is 45.3 Å². The Morgan fingerprint density at radius 1 is 1.06 bits per heavy atom. The minimum Gasteiger partial charge on any atom is -0.456 e. The van der Waals surface area contributed by atoms with Gasteiger partial charge in [-0.05, 0) is 30.3 Å². The lowest BCUT2D eigenvalue weighted by Gasteiger charge is -2.08. The van der Waals surface area contributed by atoms with Crippen molar-refractivity contribution >= 4 is 37.5 Å². The molecule has 0 atom stereocenters. The van der Waals surface area contributed by atoms with Crippen LogP contribution in [0.3, 0.4) is 0 Å². The number of hydrogen-bond donors (Lipinski definition) is 1. The number of halogens is 2. The van der Waals surface area contributed by atoms with Crippen LogP contribution in [-0.4, -0.2) is 0 Å². The summed E-state index contributed by atoms with van der Waals surface area (Å²) in [5, 5.41) is 9.05. The molecule has 18 heavy (non-hydrogen) atoms. The summed E-state index contributed by atoms with van der Waals surface area (Å²) in [5.74, 6) is 1.08. The fourth-order valence-electron chi connectivity index (χ4n) is 1.45. The van der Waals surface area contributed by atoms with Crippen LogP contribution in [0.2, 0.25) is 0 Å². The monoisotopic (exact) mass is 366 g/mol. The zero-order valence-corrected chi connectivity index (χ0v) is 12.3. The predicted molar refractivity (Wildman–Crippen MR) is 77.5 cm³/mol. The van der Waals surface area contributed by atoms with Gasteiger partial charge in [-0.1, -0.05) is 31.9 Å². The Kier molecular flexibility index (Phi) is 3.90. The largest absolute Gasteiger partial charge is 0.456 e. The van der Waals surface area contributed by atoms with Crippen LogP contribution in [0, 0.1) is 11.3 Å². The van der Waals surface area contributed by atoms with E-state index in [1.165, 1.54) is 0 Å². The summed E-state index contributed by atoms with van der Waals surface area (Å²) in [6.45, 7) is 0. The maximum absolute atomic E-state index is 9.05. The van der Waals surface area contributed by atoms with Gasteiger partial charge >= 0.3 is 0 Å². The van der Waals surface area contributed by atoms with Crippen LogP contribution in [0.25, 0.3) is 0 Å². The molecule has 0 aliphatic rings. The van der Waals surface area contributed by atoms with Gasteiger partial charge in [0, 0.05) is 20.7 Å². The van der Waals surface area contributed by atoms with Gasteiger partial charge in [-0.3, -0.25) is 0 Å². The molecule has 0 saturated carbocycles. The van der Waals surface area contributed by atoms with Crippen molar-refractivity contribution < 1.29 is 4.74 Å². The summed E-state index contributed by atoms with van der Waals surface area (Å²) in [4.78, 5) is 0. The van der Waals surface area contributed by atoms with Crippen molar-refractivity contribution in [1.29, 1.82) is 5.26 Å². The summed E-state index contributed by atoms with van der Waals surface area (Å²) in [6, 6.07) is 12.6. The lowest BCUT2D eigenvalue weighted by molar-refractivity contribution is 0.481. The van der Waals surface area contributed by atoms with Crippen molar-refractivity contribution in [2.45, 2.75) is 0 Å². The van der Waals surface area contributed by atoms with E-state index in [1.54, 1.807) is 30.3 Å². The van der Waals surface area contributed by atoms with E-state index in [-0.39, 0.29) is 0 Å². The van der Waals surface area contributed by atoms with Gasteiger partial charge in [0.15, 0.2) is 0 Å². The Morgan fingerprint density at radius 2 is 1.83 bits per heavy atom. The average Bonchev–Trinajstić information content (AvgIpc) is 2.30. The highest BCUT2D eigenvalue weighted by Crippen LogP contribution is 2.30. The van der Waals surface area contributed by atoms with Crippen LogP contribution < -0.4 is 10.5 Å². The van der Waals surface area contributed by atoms with E-state index in [0.717, 1.165) is 8.95 Å². The number of hydrogen-bond acceptors (Lipinski definition) is 3. The Bertz CT molecular complexity index is 615. The first-order valence-electron chi connectivity index (χ1n) is 5.02. The second kappa shape index (κ2) is 5.42. The van der Waals surface area contributed by atoms with E-state index < -0.39 is 0 Å². The number of nitrogens with two attached hydrogens (primary N) is 1. The number of ether oxygens (including phenoxy) is 1. The maximum Gasteiger partial charge on any atom is 0.145 e. The topological polar surface area (TPSA) is 59.0 Å². The molecule has 3 nitrogen and oxygen atoms in total.